The highest BCUT2D eigenvalue weighted by Gasteiger charge is 2.33. The van der Waals surface area contributed by atoms with Crippen LogP contribution in [-0.4, -0.2) is 59.5 Å². The number of piperazine rings is 1. The van der Waals surface area contributed by atoms with E-state index in [0.29, 0.717) is 23.9 Å². The molecule has 0 bridgehead atoms. The Morgan fingerprint density at radius 1 is 1.08 bits per heavy atom. The molecule has 0 radical (unpaired) electrons. The van der Waals surface area contributed by atoms with Gasteiger partial charge >= 0.3 is 0 Å². The molecule has 2 aromatic rings. The molecular formula is C29H40BrN5O. The molecule has 2 aliphatic carbocycles. The molecule has 7 heteroatoms. The number of carbonyl (C=O) groups is 1. The summed E-state index contributed by atoms with van der Waals surface area (Å²) in [7, 11) is 0. The van der Waals surface area contributed by atoms with Gasteiger partial charge in [-0.2, -0.15) is 0 Å². The van der Waals surface area contributed by atoms with Crippen molar-refractivity contribution in [2.24, 2.45) is 5.41 Å². The molecule has 1 aromatic heterocycles. The number of rotatable bonds is 6. The van der Waals surface area contributed by atoms with Crippen LogP contribution in [0.4, 0.5) is 5.82 Å². The maximum atomic E-state index is 13.9. The third-order valence-corrected chi connectivity index (χ3v) is 9.19. The number of anilines is 1. The molecule has 1 aliphatic heterocycles. The highest BCUT2D eigenvalue weighted by molar-refractivity contribution is 9.10. The SMILES string of the molecule is C[C@@H]1CCc2ncnc(N3CCN(C(=O)[C@H](CNC4CCC(C)(C)CC4)c4ccc(Br)cc4)CC3)c21. The van der Waals surface area contributed by atoms with Gasteiger partial charge in [-0.3, -0.25) is 4.79 Å². The molecule has 0 spiro atoms. The predicted octanol–water partition coefficient (Wildman–Crippen LogP) is 5.28. The van der Waals surface area contributed by atoms with Gasteiger partial charge in [-0.1, -0.05) is 48.8 Å². The van der Waals surface area contributed by atoms with Crippen molar-refractivity contribution in [3.05, 3.63) is 51.9 Å². The van der Waals surface area contributed by atoms with Crippen molar-refractivity contribution in [3.8, 4) is 0 Å². The normalized spacial score (nSPS) is 22.9. The van der Waals surface area contributed by atoms with Gasteiger partial charge in [-0.15, -0.1) is 0 Å². The quantitative estimate of drug-likeness (QED) is 0.527. The maximum Gasteiger partial charge on any atom is 0.231 e. The number of amides is 1. The minimum absolute atomic E-state index is 0.164. The number of fused-ring (bicyclic) bond motifs is 1. The molecule has 1 amide bonds. The van der Waals surface area contributed by atoms with E-state index in [9.17, 15) is 4.79 Å². The first-order chi connectivity index (χ1) is 17.3. The largest absolute Gasteiger partial charge is 0.353 e. The molecule has 6 nitrogen and oxygen atoms in total. The summed E-state index contributed by atoms with van der Waals surface area (Å²) in [6.07, 6.45) is 8.78. The van der Waals surface area contributed by atoms with Crippen molar-refractivity contribution in [1.82, 2.24) is 20.2 Å². The molecule has 2 atom stereocenters. The van der Waals surface area contributed by atoms with Crippen molar-refractivity contribution in [2.75, 3.05) is 37.6 Å². The lowest BCUT2D eigenvalue weighted by Gasteiger charge is -2.38. The van der Waals surface area contributed by atoms with Crippen LogP contribution in [0.3, 0.4) is 0 Å². The second-order valence-corrected chi connectivity index (χ2v) is 12.7. The van der Waals surface area contributed by atoms with Crippen molar-refractivity contribution < 1.29 is 4.79 Å². The van der Waals surface area contributed by atoms with E-state index in [4.69, 9.17) is 0 Å². The van der Waals surface area contributed by atoms with Gasteiger partial charge in [-0.05, 0) is 67.6 Å². The van der Waals surface area contributed by atoms with E-state index in [0.717, 1.165) is 54.9 Å². The number of carbonyl (C=O) groups excluding carboxylic acids is 1. The number of aromatic nitrogens is 2. The summed E-state index contributed by atoms with van der Waals surface area (Å²) in [6, 6.07) is 8.80. The van der Waals surface area contributed by atoms with E-state index >= 15 is 0 Å². The minimum Gasteiger partial charge on any atom is -0.353 e. The van der Waals surface area contributed by atoms with E-state index in [2.05, 4.69) is 73.9 Å². The molecule has 1 saturated heterocycles. The number of hydrogen-bond acceptors (Lipinski definition) is 5. The number of nitrogens with one attached hydrogen (secondary N) is 1. The fourth-order valence-electron chi connectivity index (χ4n) is 6.16. The average Bonchev–Trinajstić information content (AvgIpc) is 3.27. The highest BCUT2D eigenvalue weighted by Crippen LogP contribution is 2.38. The van der Waals surface area contributed by atoms with Crippen molar-refractivity contribution in [2.45, 2.75) is 77.2 Å². The second kappa shape index (κ2) is 10.8. The zero-order valence-corrected chi connectivity index (χ0v) is 23.6. The van der Waals surface area contributed by atoms with Crippen LogP contribution < -0.4 is 10.2 Å². The molecule has 1 saturated carbocycles. The van der Waals surface area contributed by atoms with Crippen LogP contribution >= 0.6 is 15.9 Å². The zero-order valence-electron chi connectivity index (χ0n) is 22.0. The molecule has 194 valence electrons. The standard InChI is InChI=1S/C29H40BrN5O/c1-20-4-9-25-26(20)27(33-19-32-25)34-14-16-35(17-15-34)28(36)24(21-5-7-22(30)8-6-21)18-31-23-10-12-29(2,3)13-11-23/h5-8,19-20,23-24,31H,4,9-18H2,1-3H3/t20-,24-/m1/s1. The molecule has 3 aliphatic rings. The fourth-order valence-corrected chi connectivity index (χ4v) is 6.43. The first kappa shape index (κ1) is 25.7. The van der Waals surface area contributed by atoms with Gasteiger partial charge in [0, 0.05) is 54.5 Å². The number of nitrogens with zero attached hydrogens (tertiary/aromatic N) is 4. The molecule has 2 fully saturated rings. The highest BCUT2D eigenvalue weighted by atomic mass is 79.9. The Hall–Kier alpha value is -1.99. The van der Waals surface area contributed by atoms with E-state index in [1.165, 1.54) is 36.9 Å². The monoisotopic (exact) mass is 553 g/mol. The van der Waals surface area contributed by atoms with Gasteiger partial charge in [0.15, 0.2) is 0 Å². The topological polar surface area (TPSA) is 61.4 Å². The number of benzene rings is 1. The Bertz CT molecular complexity index is 1050. The molecule has 5 rings (SSSR count). The Morgan fingerprint density at radius 3 is 2.47 bits per heavy atom. The van der Waals surface area contributed by atoms with E-state index < -0.39 is 0 Å². The number of aryl methyl sites for hydroxylation is 1. The summed E-state index contributed by atoms with van der Waals surface area (Å²) < 4.78 is 1.04. The third-order valence-electron chi connectivity index (χ3n) is 8.66. The summed E-state index contributed by atoms with van der Waals surface area (Å²) in [5.41, 5.74) is 4.07. The summed E-state index contributed by atoms with van der Waals surface area (Å²) in [5, 5.41) is 3.77. The van der Waals surface area contributed by atoms with Gasteiger partial charge in [0.05, 0.1) is 5.92 Å². The van der Waals surface area contributed by atoms with Gasteiger partial charge < -0.3 is 15.1 Å². The number of hydrogen-bond donors (Lipinski definition) is 1. The Balaban J connectivity index is 1.25. The van der Waals surface area contributed by atoms with E-state index in [1.807, 2.05) is 12.1 Å². The molecule has 1 aromatic carbocycles. The summed E-state index contributed by atoms with van der Waals surface area (Å²) >= 11 is 3.55. The zero-order chi connectivity index (χ0) is 25.3. The van der Waals surface area contributed by atoms with Crippen LogP contribution in [-0.2, 0) is 11.2 Å². The molecule has 1 N–H and O–H groups in total. The third kappa shape index (κ3) is 5.62. The van der Waals surface area contributed by atoms with Crippen LogP contribution in [0, 0.1) is 5.41 Å². The van der Waals surface area contributed by atoms with Crippen LogP contribution in [0.1, 0.15) is 81.5 Å². The predicted molar refractivity (Wildman–Crippen MR) is 148 cm³/mol. The van der Waals surface area contributed by atoms with Crippen molar-refractivity contribution >= 4 is 27.7 Å². The maximum absolute atomic E-state index is 13.9. The summed E-state index contributed by atoms with van der Waals surface area (Å²) in [5.74, 6) is 1.67. The Kier molecular flexibility index (Phi) is 7.68. The smallest absolute Gasteiger partial charge is 0.231 e. The Labute approximate surface area is 224 Å². The second-order valence-electron chi connectivity index (χ2n) is 11.8. The molecule has 2 heterocycles. The molecular weight excluding hydrogens is 514 g/mol. The van der Waals surface area contributed by atoms with Gasteiger partial charge in [-0.25, -0.2) is 9.97 Å². The fraction of sp³-hybridized carbons (Fsp3) is 0.621. The minimum atomic E-state index is -0.164. The van der Waals surface area contributed by atoms with Gasteiger partial charge in [0.1, 0.15) is 12.1 Å². The van der Waals surface area contributed by atoms with E-state index in [1.54, 1.807) is 6.33 Å². The van der Waals surface area contributed by atoms with Crippen LogP contribution in [0.25, 0.3) is 0 Å². The van der Waals surface area contributed by atoms with Crippen LogP contribution in [0.15, 0.2) is 35.1 Å². The van der Waals surface area contributed by atoms with Gasteiger partial charge in [0.2, 0.25) is 5.91 Å². The average molecular weight is 555 g/mol. The van der Waals surface area contributed by atoms with E-state index in [-0.39, 0.29) is 11.8 Å². The van der Waals surface area contributed by atoms with Crippen molar-refractivity contribution in [3.63, 3.8) is 0 Å². The lowest BCUT2D eigenvalue weighted by molar-refractivity contribution is -0.133. The summed E-state index contributed by atoms with van der Waals surface area (Å²) in [4.78, 5) is 27.5. The lowest BCUT2D eigenvalue weighted by atomic mass is 9.75. The van der Waals surface area contributed by atoms with Crippen molar-refractivity contribution in [1.29, 1.82) is 0 Å². The number of halogens is 1. The van der Waals surface area contributed by atoms with Crippen LogP contribution in [0.2, 0.25) is 0 Å². The molecule has 36 heavy (non-hydrogen) atoms. The van der Waals surface area contributed by atoms with Gasteiger partial charge in [0.25, 0.3) is 0 Å². The first-order valence-corrected chi connectivity index (χ1v) is 14.5. The Morgan fingerprint density at radius 2 is 1.78 bits per heavy atom. The lowest BCUT2D eigenvalue weighted by Crippen LogP contribution is -2.51. The van der Waals surface area contributed by atoms with Crippen LogP contribution in [0.5, 0.6) is 0 Å². The summed E-state index contributed by atoms with van der Waals surface area (Å²) in [6.45, 7) is 10.8. The first-order valence-electron chi connectivity index (χ1n) is 13.7. The molecule has 0 unspecified atom stereocenters.